The maximum atomic E-state index is 12.2. The number of sulfonamides is 1. The normalized spacial score (nSPS) is 12.7. The van der Waals surface area contributed by atoms with E-state index in [2.05, 4.69) is 36.6 Å². The molecule has 2 N–H and O–H groups in total. The standard InChI is InChI=1S/C12H17Br2NO3S/c1-8-4-10(14)11(5-9(8)13)19(17,18)15-6-12(2,3)7-16/h4-5,15-16H,6-7H2,1-3H3. The van der Waals surface area contributed by atoms with Crippen LogP contribution in [0.4, 0.5) is 0 Å². The quantitative estimate of drug-likeness (QED) is 0.778. The number of aliphatic hydroxyl groups is 1. The molecule has 0 aliphatic carbocycles. The third-order valence-corrected chi connectivity index (χ3v) is 5.89. The number of rotatable bonds is 5. The van der Waals surface area contributed by atoms with Gasteiger partial charge in [0.1, 0.15) is 0 Å². The summed E-state index contributed by atoms with van der Waals surface area (Å²) in [6.07, 6.45) is 0. The van der Waals surface area contributed by atoms with Crippen LogP contribution in [0, 0.1) is 12.3 Å². The molecular formula is C12H17Br2NO3S. The van der Waals surface area contributed by atoms with Gasteiger partial charge in [-0.05, 0) is 40.5 Å². The van der Waals surface area contributed by atoms with Gasteiger partial charge in [0.15, 0.2) is 0 Å². The largest absolute Gasteiger partial charge is 0.396 e. The first-order valence-corrected chi connectivity index (χ1v) is 8.72. The molecule has 0 amide bonds. The van der Waals surface area contributed by atoms with Gasteiger partial charge in [-0.15, -0.1) is 0 Å². The minimum atomic E-state index is -3.61. The molecule has 7 heteroatoms. The van der Waals surface area contributed by atoms with Crippen molar-refractivity contribution in [2.45, 2.75) is 25.7 Å². The maximum absolute atomic E-state index is 12.2. The van der Waals surface area contributed by atoms with Crippen LogP contribution < -0.4 is 4.72 Å². The van der Waals surface area contributed by atoms with Crippen molar-refractivity contribution in [3.8, 4) is 0 Å². The lowest BCUT2D eigenvalue weighted by atomic mass is 9.96. The third kappa shape index (κ3) is 4.53. The Morgan fingerprint density at radius 3 is 2.37 bits per heavy atom. The molecule has 1 rings (SSSR count). The Kier molecular flexibility index (Phi) is 5.60. The number of aryl methyl sites for hydroxylation is 1. The average molecular weight is 415 g/mol. The Labute approximate surface area is 130 Å². The Morgan fingerprint density at radius 2 is 1.84 bits per heavy atom. The second-order valence-corrected chi connectivity index (χ2v) is 8.62. The molecular weight excluding hydrogens is 398 g/mol. The molecule has 0 saturated carbocycles. The summed E-state index contributed by atoms with van der Waals surface area (Å²) in [6.45, 7) is 5.54. The summed E-state index contributed by atoms with van der Waals surface area (Å²) in [4.78, 5) is 0.179. The molecule has 0 spiro atoms. The van der Waals surface area contributed by atoms with Crippen LogP contribution in [0.2, 0.25) is 0 Å². The molecule has 0 aliphatic heterocycles. The molecule has 0 bridgehead atoms. The van der Waals surface area contributed by atoms with Crippen LogP contribution in [0.1, 0.15) is 19.4 Å². The van der Waals surface area contributed by atoms with Crippen molar-refractivity contribution in [3.63, 3.8) is 0 Å². The Balaban J connectivity index is 3.05. The van der Waals surface area contributed by atoms with Crippen molar-refractivity contribution in [2.24, 2.45) is 5.41 Å². The van der Waals surface area contributed by atoms with Gasteiger partial charge >= 0.3 is 0 Å². The van der Waals surface area contributed by atoms with Crippen LogP contribution in [0.3, 0.4) is 0 Å². The summed E-state index contributed by atoms with van der Waals surface area (Å²) in [5.74, 6) is 0. The van der Waals surface area contributed by atoms with Crippen LogP contribution >= 0.6 is 31.9 Å². The minimum Gasteiger partial charge on any atom is -0.396 e. The van der Waals surface area contributed by atoms with Crippen molar-refractivity contribution in [1.82, 2.24) is 4.72 Å². The zero-order valence-corrected chi connectivity index (χ0v) is 15.0. The number of benzene rings is 1. The summed E-state index contributed by atoms with van der Waals surface area (Å²) in [5.41, 5.74) is 0.447. The molecule has 0 aliphatic rings. The lowest BCUT2D eigenvalue weighted by molar-refractivity contribution is 0.163. The summed E-state index contributed by atoms with van der Waals surface area (Å²) < 4.78 is 28.2. The van der Waals surface area contributed by atoms with Crippen LogP contribution in [0.5, 0.6) is 0 Å². The highest BCUT2D eigenvalue weighted by Gasteiger charge is 2.23. The third-order valence-electron chi connectivity index (χ3n) is 2.67. The van der Waals surface area contributed by atoms with Crippen molar-refractivity contribution in [3.05, 3.63) is 26.6 Å². The fourth-order valence-electron chi connectivity index (χ4n) is 1.26. The first-order chi connectivity index (χ1) is 8.59. The zero-order chi connectivity index (χ0) is 14.8. The molecule has 0 heterocycles. The molecule has 0 atom stereocenters. The van der Waals surface area contributed by atoms with Gasteiger partial charge in [0.2, 0.25) is 10.0 Å². The molecule has 4 nitrogen and oxygen atoms in total. The highest BCUT2D eigenvalue weighted by Crippen LogP contribution is 2.29. The zero-order valence-electron chi connectivity index (χ0n) is 11.0. The van der Waals surface area contributed by atoms with E-state index in [0.717, 1.165) is 10.0 Å². The lowest BCUT2D eigenvalue weighted by Crippen LogP contribution is -2.36. The maximum Gasteiger partial charge on any atom is 0.241 e. The van der Waals surface area contributed by atoms with Crippen molar-refractivity contribution < 1.29 is 13.5 Å². The number of halogens is 2. The van der Waals surface area contributed by atoms with E-state index in [0.29, 0.717) is 4.47 Å². The van der Waals surface area contributed by atoms with Crippen molar-refractivity contribution in [1.29, 1.82) is 0 Å². The number of hydrogen-bond acceptors (Lipinski definition) is 3. The van der Waals surface area contributed by atoms with Crippen molar-refractivity contribution in [2.75, 3.05) is 13.2 Å². The summed E-state index contributed by atoms with van der Waals surface area (Å²) >= 11 is 6.59. The van der Waals surface area contributed by atoms with Gasteiger partial charge in [0.25, 0.3) is 0 Å². The Bertz CT molecular complexity index is 571. The first kappa shape index (κ1) is 17.1. The SMILES string of the molecule is Cc1cc(Br)c(S(=O)(=O)NCC(C)(C)CO)cc1Br. The van der Waals surface area contributed by atoms with E-state index in [1.807, 2.05) is 6.92 Å². The van der Waals surface area contributed by atoms with Crippen LogP contribution in [0.25, 0.3) is 0 Å². The van der Waals surface area contributed by atoms with Crippen LogP contribution in [-0.2, 0) is 10.0 Å². The molecule has 19 heavy (non-hydrogen) atoms. The van der Waals surface area contributed by atoms with E-state index in [1.165, 1.54) is 0 Å². The topological polar surface area (TPSA) is 66.4 Å². The van der Waals surface area contributed by atoms with E-state index in [4.69, 9.17) is 5.11 Å². The van der Waals surface area contributed by atoms with Crippen molar-refractivity contribution >= 4 is 41.9 Å². The molecule has 1 aromatic rings. The molecule has 1 aromatic carbocycles. The first-order valence-electron chi connectivity index (χ1n) is 5.65. The van der Waals surface area contributed by atoms with Gasteiger partial charge in [-0.1, -0.05) is 29.8 Å². The van der Waals surface area contributed by atoms with E-state index < -0.39 is 15.4 Å². The van der Waals surface area contributed by atoms with E-state index in [1.54, 1.807) is 26.0 Å². The van der Waals surface area contributed by atoms with E-state index in [9.17, 15) is 8.42 Å². The molecule has 0 unspecified atom stereocenters. The highest BCUT2D eigenvalue weighted by atomic mass is 79.9. The number of hydrogen-bond donors (Lipinski definition) is 2. The smallest absolute Gasteiger partial charge is 0.241 e. The van der Waals surface area contributed by atoms with Gasteiger partial charge in [0.05, 0.1) is 4.90 Å². The Morgan fingerprint density at radius 1 is 1.26 bits per heavy atom. The van der Waals surface area contributed by atoms with Gasteiger partial charge < -0.3 is 5.11 Å². The highest BCUT2D eigenvalue weighted by molar-refractivity contribution is 9.11. The van der Waals surface area contributed by atoms with Gasteiger partial charge in [-0.3, -0.25) is 0 Å². The number of aliphatic hydroxyl groups excluding tert-OH is 1. The summed E-state index contributed by atoms with van der Waals surface area (Å²) in [7, 11) is -3.61. The Hall–Kier alpha value is 0.0500. The lowest BCUT2D eigenvalue weighted by Gasteiger charge is -2.22. The molecule has 0 fully saturated rings. The van der Waals surface area contributed by atoms with Crippen LogP contribution in [-0.4, -0.2) is 26.7 Å². The van der Waals surface area contributed by atoms with E-state index >= 15 is 0 Å². The molecule has 0 saturated heterocycles. The molecule has 0 radical (unpaired) electrons. The number of nitrogens with one attached hydrogen (secondary N) is 1. The monoisotopic (exact) mass is 413 g/mol. The molecule has 108 valence electrons. The van der Waals surface area contributed by atoms with E-state index in [-0.39, 0.29) is 18.0 Å². The van der Waals surface area contributed by atoms with Gasteiger partial charge in [-0.2, -0.15) is 0 Å². The minimum absolute atomic E-state index is 0.0890. The summed E-state index contributed by atoms with van der Waals surface area (Å²) in [6, 6.07) is 3.31. The fraction of sp³-hybridized carbons (Fsp3) is 0.500. The second-order valence-electron chi connectivity index (χ2n) is 5.18. The van der Waals surface area contributed by atoms with Gasteiger partial charge in [-0.25, -0.2) is 13.1 Å². The van der Waals surface area contributed by atoms with Crippen LogP contribution in [0.15, 0.2) is 26.0 Å². The predicted molar refractivity (Wildman–Crippen MR) is 82.6 cm³/mol. The average Bonchev–Trinajstić information content (AvgIpc) is 2.31. The fourth-order valence-corrected chi connectivity index (χ4v) is 4.17. The summed E-state index contributed by atoms with van der Waals surface area (Å²) in [5, 5.41) is 9.14. The molecule has 0 aromatic heterocycles. The van der Waals surface area contributed by atoms with Gasteiger partial charge in [0, 0.05) is 27.5 Å². The second kappa shape index (κ2) is 6.22. The predicted octanol–water partition coefficient (Wildman–Crippen LogP) is 2.82.